The van der Waals surface area contributed by atoms with Crippen LogP contribution in [0.5, 0.6) is 5.75 Å². The number of amides is 1. The van der Waals surface area contributed by atoms with Crippen LogP contribution in [-0.2, 0) is 4.79 Å². The number of hydrogen-bond donors (Lipinski definition) is 1. The Labute approximate surface area is 138 Å². The van der Waals surface area contributed by atoms with Gasteiger partial charge < -0.3 is 10.1 Å². The zero-order valence-electron chi connectivity index (χ0n) is 14.0. The van der Waals surface area contributed by atoms with E-state index in [1.165, 1.54) is 32.1 Å². The number of hydrogen-bond acceptors (Lipinski definition) is 3. The Morgan fingerprint density at radius 3 is 3.04 bits per heavy atom. The van der Waals surface area contributed by atoms with Gasteiger partial charge in [-0.1, -0.05) is 32.3 Å². The Bertz CT molecular complexity index is 565. The molecule has 1 aromatic rings. The van der Waals surface area contributed by atoms with Crippen LogP contribution in [0.15, 0.2) is 24.3 Å². The second-order valence-electron chi connectivity index (χ2n) is 6.35. The van der Waals surface area contributed by atoms with Gasteiger partial charge in [-0.3, -0.25) is 4.79 Å². The van der Waals surface area contributed by atoms with Gasteiger partial charge in [0.2, 0.25) is 0 Å². The van der Waals surface area contributed by atoms with E-state index in [0.29, 0.717) is 17.2 Å². The van der Waals surface area contributed by atoms with Crippen molar-refractivity contribution in [2.45, 2.75) is 64.5 Å². The molecule has 1 aromatic carbocycles. The Morgan fingerprint density at radius 1 is 1.48 bits per heavy atom. The molecule has 4 nitrogen and oxygen atoms in total. The molecular formula is C19H26N2O2. The molecule has 0 bridgehead atoms. The predicted octanol–water partition coefficient (Wildman–Crippen LogP) is 3.80. The number of nitriles is 1. The third-order valence-corrected chi connectivity index (χ3v) is 4.56. The number of carbonyl (C=O) groups is 1. The average Bonchev–Trinajstić information content (AvgIpc) is 3.00. The fourth-order valence-electron chi connectivity index (χ4n) is 3.24. The number of carbonyl (C=O) groups excluding carboxylic acids is 1. The third-order valence-electron chi connectivity index (χ3n) is 4.56. The molecule has 1 aliphatic rings. The molecule has 0 spiro atoms. The van der Waals surface area contributed by atoms with Crippen LogP contribution >= 0.6 is 0 Å². The second kappa shape index (κ2) is 8.57. The van der Waals surface area contributed by atoms with Gasteiger partial charge in [0.05, 0.1) is 11.6 Å². The Balaban J connectivity index is 1.88. The Hall–Kier alpha value is -2.02. The zero-order chi connectivity index (χ0) is 16.7. The quantitative estimate of drug-likeness (QED) is 0.832. The molecule has 1 saturated carbocycles. The van der Waals surface area contributed by atoms with Gasteiger partial charge in [-0.15, -0.1) is 0 Å². The highest BCUT2D eigenvalue weighted by Crippen LogP contribution is 2.30. The fourth-order valence-corrected chi connectivity index (χ4v) is 3.24. The number of ether oxygens (including phenoxy) is 1. The third kappa shape index (κ3) is 4.99. The molecule has 0 aromatic heterocycles. The van der Waals surface area contributed by atoms with Gasteiger partial charge in [0, 0.05) is 6.04 Å². The van der Waals surface area contributed by atoms with E-state index >= 15 is 0 Å². The largest absolute Gasteiger partial charge is 0.481 e. The number of nitrogens with zero attached hydrogens (tertiary/aromatic N) is 1. The lowest BCUT2D eigenvalue weighted by molar-refractivity contribution is -0.128. The van der Waals surface area contributed by atoms with Gasteiger partial charge in [0.1, 0.15) is 5.75 Å². The molecule has 23 heavy (non-hydrogen) atoms. The topological polar surface area (TPSA) is 62.1 Å². The van der Waals surface area contributed by atoms with Gasteiger partial charge in [-0.25, -0.2) is 0 Å². The first-order valence-corrected chi connectivity index (χ1v) is 8.61. The summed E-state index contributed by atoms with van der Waals surface area (Å²) >= 11 is 0. The number of benzene rings is 1. The van der Waals surface area contributed by atoms with Crippen LogP contribution in [0.4, 0.5) is 0 Å². The number of rotatable bonds is 7. The van der Waals surface area contributed by atoms with E-state index in [2.05, 4.69) is 18.3 Å². The first-order chi connectivity index (χ1) is 11.1. The van der Waals surface area contributed by atoms with Crippen molar-refractivity contribution in [3.8, 4) is 11.8 Å². The maximum atomic E-state index is 12.4. The van der Waals surface area contributed by atoms with Crippen molar-refractivity contribution in [1.29, 1.82) is 5.26 Å². The zero-order valence-corrected chi connectivity index (χ0v) is 14.0. The van der Waals surface area contributed by atoms with Crippen molar-refractivity contribution in [1.82, 2.24) is 5.32 Å². The fraction of sp³-hybridized carbons (Fsp3) is 0.579. The highest BCUT2D eigenvalue weighted by molar-refractivity contribution is 5.81. The normalized spacial score (nSPS) is 21.4. The summed E-state index contributed by atoms with van der Waals surface area (Å²) in [5.74, 6) is 1.09. The summed E-state index contributed by atoms with van der Waals surface area (Å²) in [5, 5.41) is 12.1. The lowest BCUT2D eigenvalue weighted by Gasteiger charge is -2.23. The van der Waals surface area contributed by atoms with Crippen LogP contribution < -0.4 is 10.1 Å². The summed E-state index contributed by atoms with van der Waals surface area (Å²) in [7, 11) is 0. The van der Waals surface area contributed by atoms with Gasteiger partial charge in [0.15, 0.2) is 6.10 Å². The predicted molar refractivity (Wildman–Crippen MR) is 90.0 cm³/mol. The van der Waals surface area contributed by atoms with Gasteiger partial charge in [-0.2, -0.15) is 5.26 Å². The van der Waals surface area contributed by atoms with Crippen LogP contribution in [0.3, 0.4) is 0 Å². The molecule has 0 saturated heterocycles. The molecule has 1 aliphatic carbocycles. The average molecular weight is 314 g/mol. The van der Waals surface area contributed by atoms with Crippen LogP contribution in [0, 0.1) is 17.2 Å². The Kier molecular flexibility index (Phi) is 6.46. The van der Waals surface area contributed by atoms with E-state index in [-0.39, 0.29) is 11.9 Å². The molecule has 3 unspecified atom stereocenters. The summed E-state index contributed by atoms with van der Waals surface area (Å²) in [6.07, 6.45) is 6.54. The molecule has 3 atom stereocenters. The standard InChI is InChI=1S/C19H26N2O2/c1-3-4-8-16-9-6-11-18(16)21-19(22)14(2)23-17-10-5-7-15(12-17)13-20/h5,7,10,12,14,16,18H,3-4,6,8-9,11H2,1-2H3,(H,21,22). The van der Waals surface area contributed by atoms with Crippen molar-refractivity contribution in [2.24, 2.45) is 5.92 Å². The molecule has 124 valence electrons. The smallest absolute Gasteiger partial charge is 0.261 e. The molecule has 0 aliphatic heterocycles. The Morgan fingerprint density at radius 2 is 2.30 bits per heavy atom. The van der Waals surface area contributed by atoms with Crippen LogP contribution in [-0.4, -0.2) is 18.1 Å². The summed E-state index contributed by atoms with van der Waals surface area (Å²) in [5.41, 5.74) is 0.533. The molecule has 2 rings (SSSR count). The highest BCUT2D eigenvalue weighted by atomic mass is 16.5. The van der Waals surface area contributed by atoms with Crippen molar-refractivity contribution in [3.63, 3.8) is 0 Å². The minimum atomic E-state index is -0.559. The summed E-state index contributed by atoms with van der Waals surface area (Å²) in [6.45, 7) is 3.96. The van der Waals surface area contributed by atoms with Gasteiger partial charge in [0.25, 0.3) is 5.91 Å². The SMILES string of the molecule is CCCCC1CCCC1NC(=O)C(C)Oc1cccc(C#N)c1. The van der Waals surface area contributed by atoms with E-state index in [1.54, 1.807) is 31.2 Å². The second-order valence-corrected chi connectivity index (χ2v) is 6.35. The molecule has 1 N–H and O–H groups in total. The first kappa shape index (κ1) is 17.3. The summed E-state index contributed by atoms with van der Waals surface area (Å²) in [6, 6.07) is 9.26. The van der Waals surface area contributed by atoms with E-state index in [9.17, 15) is 4.79 Å². The summed E-state index contributed by atoms with van der Waals surface area (Å²) < 4.78 is 5.68. The molecule has 1 fully saturated rings. The van der Waals surface area contributed by atoms with Crippen LogP contribution in [0.2, 0.25) is 0 Å². The molecular weight excluding hydrogens is 288 g/mol. The number of unbranched alkanes of at least 4 members (excludes halogenated alkanes) is 1. The van der Waals surface area contributed by atoms with E-state index in [4.69, 9.17) is 10.00 Å². The van der Waals surface area contributed by atoms with E-state index in [0.717, 1.165) is 6.42 Å². The maximum absolute atomic E-state index is 12.4. The molecule has 4 heteroatoms. The van der Waals surface area contributed by atoms with Gasteiger partial charge >= 0.3 is 0 Å². The lowest BCUT2D eigenvalue weighted by Crippen LogP contribution is -2.44. The minimum absolute atomic E-state index is 0.0687. The molecule has 0 heterocycles. The van der Waals surface area contributed by atoms with Gasteiger partial charge in [-0.05, 0) is 50.3 Å². The van der Waals surface area contributed by atoms with Crippen LogP contribution in [0.1, 0.15) is 57.9 Å². The molecule has 1 amide bonds. The first-order valence-electron chi connectivity index (χ1n) is 8.61. The number of nitrogens with one attached hydrogen (secondary N) is 1. The van der Waals surface area contributed by atoms with Crippen LogP contribution in [0.25, 0.3) is 0 Å². The van der Waals surface area contributed by atoms with E-state index < -0.39 is 6.10 Å². The van der Waals surface area contributed by atoms with Crippen molar-refractivity contribution in [3.05, 3.63) is 29.8 Å². The monoisotopic (exact) mass is 314 g/mol. The minimum Gasteiger partial charge on any atom is -0.481 e. The van der Waals surface area contributed by atoms with E-state index in [1.807, 2.05) is 0 Å². The summed E-state index contributed by atoms with van der Waals surface area (Å²) in [4.78, 5) is 12.4. The van der Waals surface area contributed by atoms with Crippen molar-refractivity contribution < 1.29 is 9.53 Å². The maximum Gasteiger partial charge on any atom is 0.261 e. The van der Waals surface area contributed by atoms with Crippen molar-refractivity contribution >= 4 is 5.91 Å². The molecule has 0 radical (unpaired) electrons. The lowest BCUT2D eigenvalue weighted by atomic mass is 9.96. The highest BCUT2D eigenvalue weighted by Gasteiger charge is 2.29. The van der Waals surface area contributed by atoms with Crippen molar-refractivity contribution in [2.75, 3.05) is 0 Å².